The average Bonchev–Trinajstić information content (AvgIpc) is 3.59. The van der Waals surface area contributed by atoms with Crippen molar-refractivity contribution in [1.29, 1.82) is 0 Å². The fourth-order valence-corrected chi connectivity index (χ4v) is 10.3. The molecule has 0 radical (unpaired) electrons. The largest absolute Gasteiger partial charge is 0.479 e. The lowest BCUT2D eigenvalue weighted by Gasteiger charge is -2.40. The summed E-state index contributed by atoms with van der Waals surface area (Å²) in [5.74, 6) is -3.12. The molecule has 1 fully saturated rings. The zero-order valence-electron chi connectivity index (χ0n) is 53.2. The number of esters is 3. The summed E-state index contributed by atoms with van der Waals surface area (Å²) in [6.07, 6.45) is 61.6. The maximum Gasteiger partial charge on any atom is 0.335 e. The summed E-state index contributed by atoms with van der Waals surface area (Å²) < 4.78 is 28.6. The molecule has 0 bridgehead atoms. The average molecular weight is 1170 g/mol. The fourth-order valence-electron chi connectivity index (χ4n) is 10.3. The maximum atomic E-state index is 13.2. The van der Waals surface area contributed by atoms with E-state index < -0.39 is 67.3 Å². The molecule has 3 N–H and O–H groups in total. The lowest BCUT2D eigenvalue weighted by molar-refractivity contribution is -0.301. The summed E-state index contributed by atoms with van der Waals surface area (Å²) in [5, 5.41) is 31.6. The lowest BCUT2D eigenvalue weighted by atomic mass is 9.98. The van der Waals surface area contributed by atoms with Crippen LogP contribution in [0.4, 0.5) is 0 Å². The third-order valence-corrected chi connectivity index (χ3v) is 15.6. The third-order valence-electron chi connectivity index (χ3n) is 15.6. The van der Waals surface area contributed by atoms with Crippen LogP contribution in [0, 0.1) is 0 Å². The Balaban J connectivity index is 2.65. The molecule has 480 valence electrons. The molecule has 0 aromatic heterocycles. The molecule has 6 unspecified atom stereocenters. The van der Waals surface area contributed by atoms with E-state index in [0.29, 0.717) is 19.3 Å². The third kappa shape index (κ3) is 48.3. The maximum absolute atomic E-state index is 13.2. The van der Waals surface area contributed by atoms with E-state index in [2.05, 4.69) is 81.5 Å². The van der Waals surface area contributed by atoms with E-state index in [1.165, 1.54) is 128 Å². The molecule has 6 atom stereocenters. The highest BCUT2D eigenvalue weighted by atomic mass is 16.7. The Kier molecular flexibility index (Phi) is 54.8. The normalized spacial score (nSPS) is 17.9. The number of aliphatic carboxylic acids is 1. The van der Waals surface area contributed by atoms with Gasteiger partial charge in [0.05, 0.1) is 6.61 Å². The van der Waals surface area contributed by atoms with Crippen molar-refractivity contribution in [2.75, 3.05) is 13.2 Å². The number of hydrogen-bond donors (Lipinski definition) is 3. The van der Waals surface area contributed by atoms with Gasteiger partial charge in [0.2, 0.25) is 0 Å². The lowest BCUT2D eigenvalue weighted by Crippen LogP contribution is -2.61. The van der Waals surface area contributed by atoms with Crippen LogP contribution < -0.4 is 0 Å². The number of allylic oxidation sites excluding steroid dienone is 10. The van der Waals surface area contributed by atoms with Crippen molar-refractivity contribution in [3.63, 3.8) is 0 Å². The Bertz CT molecular complexity index is 1670. The number of carboxylic acids is 1. The molecule has 1 rings (SSSR count). The molecule has 12 nitrogen and oxygen atoms in total. The molecule has 0 aliphatic carbocycles. The van der Waals surface area contributed by atoms with Crippen LogP contribution in [0.5, 0.6) is 0 Å². The highest BCUT2D eigenvalue weighted by Crippen LogP contribution is 2.27. The van der Waals surface area contributed by atoms with Crippen LogP contribution in [0.3, 0.4) is 0 Å². The minimum absolute atomic E-state index is 0.0513. The van der Waals surface area contributed by atoms with Crippen molar-refractivity contribution >= 4 is 23.9 Å². The van der Waals surface area contributed by atoms with Crippen molar-refractivity contribution < 1.29 is 58.2 Å². The molecule has 0 amide bonds. The van der Waals surface area contributed by atoms with Crippen molar-refractivity contribution in [2.45, 2.75) is 353 Å². The van der Waals surface area contributed by atoms with Crippen molar-refractivity contribution in [2.24, 2.45) is 0 Å². The van der Waals surface area contributed by atoms with Gasteiger partial charge >= 0.3 is 23.9 Å². The first kappa shape index (κ1) is 77.4. The van der Waals surface area contributed by atoms with E-state index in [4.69, 9.17) is 23.7 Å². The van der Waals surface area contributed by atoms with Gasteiger partial charge in [0.25, 0.3) is 0 Å². The van der Waals surface area contributed by atoms with Gasteiger partial charge in [0.1, 0.15) is 18.8 Å². The minimum Gasteiger partial charge on any atom is -0.479 e. The van der Waals surface area contributed by atoms with Crippen LogP contribution in [-0.2, 0) is 42.9 Å². The molecule has 83 heavy (non-hydrogen) atoms. The number of ether oxygens (including phenoxy) is 5. The summed E-state index contributed by atoms with van der Waals surface area (Å²) in [5.41, 5.74) is 0. The highest BCUT2D eigenvalue weighted by molar-refractivity contribution is 5.74. The van der Waals surface area contributed by atoms with Gasteiger partial charge in [-0.2, -0.15) is 0 Å². The molecule has 0 aromatic rings. The van der Waals surface area contributed by atoms with E-state index in [9.17, 15) is 34.5 Å². The first-order valence-electron chi connectivity index (χ1n) is 34.3. The molecular formula is C71H124O12. The first-order chi connectivity index (χ1) is 40.6. The molecule has 1 saturated heterocycles. The molecule has 1 aliphatic rings. The number of hydrogen-bond acceptors (Lipinski definition) is 11. The number of unbranched alkanes of at least 4 members (excludes halogenated alkanes) is 35. The van der Waals surface area contributed by atoms with Gasteiger partial charge in [-0.05, 0) is 89.9 Å². The van der Waals surface area contributed by atoms with Gasteiger partial charge in [-0.1, -0.05) is 268 Å². The topological polar surface area (TPSA) is 175 Å². The molecule has 1 heterocycles. The van der Waals surface area contributed by atoms with Crippen LogP contribution in [0.15, 0.2) is 60.8 Å². The molecule has 0 spiro atoms. The highest BCUT2D eigenvalue weighted by Gasteiger charge is 2.50. The Morgan fingerprint density at radius 3 is 1.12 bits per heavy atom. The summed E-state index contributed by atoms with van der Waals surface area (Å²) in [4.78, 5) is 51.4. The number of carbonyl (C=O) groups is 4. The standard InChI is InChI=1S/C71H124O12/c1-4-7-10-13-16-19-22-25-28-31-32-35-36-39-42-45-48-51-54-57-63(72)79-60-62(81-64(73)58-55-52-49-46-43-40-37-33-29-26-23-20-17-14-11-8-5-2)61-80-71-69(67(76)66(75)68(83-71)70(77)78)82-65(74)59-56-53-50-47-44-41-38-34-30-27-24-21-18-15-12-9-6-3/h16,18-19,21,25,27-28,30,32,35,62,66-69,71,75-76H,4-15,17,20,22-24,26,29,31,33-34,36-61H2,1-3H3,(H,77,78)/b19-16-,21-18-,28-25-,30-27-,35-32-. The zero-order chi connectivity index (χ0) is 60.3. The van der Waals surface area contributed by atoms with Gasteiger partial charge < -0.3 is 39.0 Å². The predicted molar refractivity (Wildman–Crippen MR) is 340 cm³/mol. The first-order valence-corrected chi connectivity index (χ1v) is 34.3. The van der Waals surface area contributed by atoms with E-state index in [0.717, 1.165) is 128 Å². The van der Waals surface area contributed by atoms with Crippen molar-refractivity contribution in [1.82, 2.24) is 0 Å². The Labute approximate surface area is 506 Å². The zero-order valence-corrected chi connectivity index (χ0v) is 53.2. The summed E-state index contributed by atoms with van der Waals surface area (Å²) >= 11 is 0. The number of aliphatic hydroxyl groups is 2. The summed E-state index contributed by atoms with van der Waals surface area (Å²) in [6.45, 7) is 5.98. The van der Waals surface area contributed by atoms with Crippen LogP contribution >= 0.6 is 0 Å². The molecule has 0 aromatic carbocycles. The van der Waals surface area contributed by atoms with Gasteiger partial charge in [-0.3, -0.25) is 14.4 Å². The second kappa shape index (κ2) is 58.8. The van der Waals surface area contributed by atoms with Gasteiger partial charge in [-0.15, -0.1) is 0 Å². The minimum atomic E-state index is -1.91. The second-order valence-electron chi connectivity index (χ2n) is 23.5. The van der Waals surface area contributed by atoms with Crippen LogP contribution in [0.2, 0.25) is 0 Å². The Morgan fingerprint density at radius 1 is 0.398 bits per heavy atom. The predicted octanol–water partition coefficient (Wildman–Crippen LogP) is 18.7. The SMILES string of the molecule is CCCCC/C=C\C/C=C\C/C=C\CCCCCCCCC(=O)OCC(COC1OC(C(=O)O)C(O)C(O)C1OC(=O)CCCCCCCCC/C=C\C/C=C\CCCCC)OC(=O)CCCCCCCCCCCCCCCCCCC. The quantitative estimate of drug-likeness (QED) is 0.0228. The summed E-state index contributed by atoms with van der Waals surface area (Å²) in [6, 6.07) is 0. The van der Waals surface area contributed by atoms with Crippen molar-refractivity contribution in [3.05, 3.63) is 60.8 Å². The number of carboxylic acid groups (broad SMARTS) is 1. The molecule has 0 saturated carbocycles. The molecule has 12 heteroatoms. The van der Waals surface area contributed by atoms with Crippen LogP contribution in [-0.4, -0.2) is 89.2 Å². The smallest absolute Gasteiger partial charge is 0.335 e. The molecule has 1 aliphatic heterocycles. The van der Waals surface area contributed by atoms with Crippen LogP contribution in [0.1, 0.15) is 316 Å². The van der Waals surface area contributed by atoms with E-state index in [-0.39, 0.29) is 25.9 Å². The van der Waals surface area contributed by atoms with Gasteiger partial charge in [0.15, 0.2) is 24.6 Å². The second-order valence-corrected chi connectivity index (χ2v) is 23.5. The van der Waals surface area contributed by atoms with Gasteiger partial charge in [-0.25, -0.2) is 4.79 Å². The molecular weight excluding hydrogens is 1040 g/mol. The summed E-state index contributed by atoms with van der Waals surface area (Å²) in [7, 11) is 0. The monoisotopic (exact) mass is 1170 g/mol. The fraction of sp³-hybridized carbons (Fsp3) is 0.803. The van der Waals surface area contributed by atoms with E-state index >= 15 is 0 Å². The number of aliphatic hydroxyl groups excluding tert-OH is 2. The van der Waals surface area contributed by atoms with Gasteiger partial charge in [0, 0.05) is 19.3 Å². The van der Waals surface area contributed by atoms with Crippen molar-refractivity contribution in [3.8, 4) is 0 Å². The van der Waals surface area contributed by atoms with Crippen LogP contribution in [0.25, 0.3) is 0 Å². The van der Waals surface area contributed by atoms with E-state index in [1.54, 1.807) is 0 Å². The number of rotatable bonds is 59. The van der Waals surface area contributed by atoms with E-state index in [1.807, 2.05) is 0 Å². The Hall–Kier alpha value is -3.58. The number of carbonyl (C=O) groups excluding carboxylic acids is 3. The Morgan fingerprint density at radius 2 is 0.723 bits per heavy atom.